The van der Waals surface area contributed by atoms with Gasteiger partial charge in [0, 0.05) is 12.1 Å². The molecule has 0 saturated heterocycles. The second-order valence-corrected chi connectivity index (χ2v) is 4.31. The lowest BCUT2D eigenvalue weighted by Crippen LogP contribution is -2.07. The Morgan fingerprint density at radius 1 is 0.833 bits per heavy atom. The summed E-state index contributed by atoms with van der Waals surface area (Å²) in [5.41, 5.74) is -2.12. The van der Waals surface area contributed by atoms with E-state index in [0.29, 0.717) is 12.1 Å². The maximum absolute atomic E-state index is 13.7. The Balaban J connectivity index is 2.47. The molecule has 0 atom stereocenters. The number of ether oxygens (including phenoxy) is 1. The highest BCUT2D eigenvalue weighted by Gasteiger charge is 2.33. The van der Waals surface area contributed by atoms with E-state index in [4.69, 9.17) is 0 Å². The Labute approximate surface area is 129 Å². The van der Waals surface area contributed by atoms with E-state index in [2.05, 4.69) is 9.73 Å². The van der Waals surface area contributed by atoms with Crippen molar-refractivity contribution < 1.29 is 40.3 Å². The Hall–Kier alpha value is -2.87. The molecule has 24 heavy (non-hydrogen) atoms. The zero-order valence-electron chi connectivity index (χ0n) is 11.2. The summed E-state index contributed by atoms with van der Waals surface area (Å²) in [4.78, 5) is 13.0. The molecule has 0 aliphatic heterocycles. The van der Waals surface area contributed by atoms with E-state index in [1.54, 1.807) is 0 Å². The van der Waals surface area contributed by atoms with Gasteiger partial charge in [-0.15, -0.1) is 0 Å². The van der Waals surface area contributed by atoms with E-state index in [-0.39, 0.29) is 12.1 Å². The standard InChI is InChI=1S/C14H4F7NO2/c15-8-1-6(14(19,20)21)2-9(16)12(8)24-13-10(17)3-7(22-5-23)4-11(13)18/h1-4H. The summed E-state index contributed by atoms with van der Waals surface area (Å²) in [6.07, 6.45) is -4.00. The molecule has 0 spiro atoms. The monoisotopic (exact) mass is 351 g/mol. The summed E-state index contributed by atoms with van der Waals surface area (Å²) in [6.45, 7) is 0. The maximum Gasteiger partial charge on any atom is 0.416 e. The Morgan fingerprint density at radius 2 is 1.25 bits per heavy atom. The van der Waals surface area contributed by atoms with Crippen LogP contribution in [0.4, 0.5) is 36.4 Å². The molecule has 0 bridgehead atoms. The first-order valence-corrected chi connectivity index (χ1v) is 5.94. The van der Waals surface area contributed by atoms with Crippen molar-refractivity contribution in [2.24, 2.45) is 4.99 Å². The summed E-state index contributed by atoms with van der Waals surface area (Å²) in [7, 11) is 0. The van der Waals surface area contributed by atoms with Crippen LogP contribution >= 0.6 is 0 Å². The van der Waals surface area contributed by atoms with Crippen molar-refractivity contribution in [1.29, 1.82) is 0 Å². The fraction of sp³-hybridized carbons (Fsp3) is 0.0714. The van der Waals surface area contributed by atoms with Crippen molar-refractivity contribution in [2.75, 3.05) is 0 Å². The van der Waals surface area contributed by atoms with Crippen molar-refractivity contribution in [1.82, 2.24) is 0 Å². The number of carbonyl (C=O) groups excluding carboxylic acids is 1. The lowest BCUT2D eigenvalue weighted by atomic mass is 10.2. The first-order chi connectivity index (χ1) is 11.1. The van der Waals surface area contributed by atoms with Gasteiger partial charge in [0.05, 0.1) is 11.3 Å². The molecule has 3 nitrogen and oxygen atoms in total. The first kappa shape index (κ1) is 17.5. The van der Waals surface area contributed by atoms with Crippen LogP contribution in [0, 0.1) is 23.3 Å². The van der Waals surface area contributed by atoms with Crippen molar-refractivity contribution >= 4 is 11.8 Å². The molecule has 0 radical (unpaired) electrons. The maximum atomic E-state index is 13.7. The summed E-state index contributed by atoms with van der Waals surface area (Å²) >= 11 is 0. The average Bonchev–Trinajstić information content (AvgIpc) is 2.44. The Kier molecular flexibility index (Phi) is 4.61. The lowest BCUT2D eigenvalue weighted by molar-refractivity contribution is -0.138. The van der Waals surface area contributed by atoms with E-state index in [1.807, 2.05) is 0 Å². The van der Waals surface area contributed by atoms with Gasteiger partial charge in [-0.3, -0.25) is 0 Å². The summed E-state index contributed by atoms with van der Waals surface area (Å²) in [5, 5.41) is 0. The molecule has 0 amide bonds. The van der Waals surface area contributed by atoms with Gasteiger partial charge in [0.1, 0.15) is 0 Å². The lowest BCUT2D eigenvalue weighted by Gasteiger charge is -2.12. The fourth-order valence-electron chi connectivity index (χ4n) is 1.68. The Bertz CT molecular complexity index is 795. The molecular formula is C14H4F7NO2. The van der Waals surface area contributed by atoms with Crippen LogP contribution in [-0.4, -0.2) is 6.08 Å². The molecule has 2 rings (SSSR count). The van der Waals surface area contributed by atoms with E-state index >= 15 is 0 Å². The normalized spacial score (nSPS) is 11.1. The molecule has 126 valence electrons. The van der Waals surface area contributed by atoms with Crippen LogP contribution in [0.25, 0.3) is 0 Å². The van der Waals surface area contributed by atoms with Gasteiger partial charge in [-0.25, -0.2) is 22.4 Å². The number of isocyanates is 1. The van der Waals surface area contributed by atoms with Gasteiger partial charge in [-0.2, -0.15) is 18.2 Å². The molecule has 0 aromatic heterocycles. The molecule has 0 heterocycles. The predicted octanol–water partition coefficient (Wildman–Crippen LogP) is 5.02. The van der Waals surface area contributed by atoms with E-state index in [9.17, 15) is 35.5 Å². The number of aliphatic imine (C=N–C) groups is 1. The summed E-state index contributed by atoms with van der Waals surface area (Å²) < 4.78 is 96.2. The predicted molar refractivity (Wildman–Crippen MR) is 65.6 cm³/mol. The minimum absolute atomic E-state index is 0.0841. The third-order valence-electron chi connectivity index (χ3n) is 2.69. The van der Waals surface area contributed by atoms with E-state index < -0.39 is 52.2 Å². The smallest absolute Gasteiger partial charge is 0.416 e. The first-order valence-electron chi connectivity index (χ1n) is 5.94. The minimum Gasteiger partial charge on any atom is -0.445 e. The number of nitrogens with zero attached hydrogens (tertiary/aromatic N) is 1. The van der Waals surface area contributed by atoms with Gasteiger partial charge in [-0.1, -0.05) is 0 Å². The van der Waals surface area contributed by atoms with Crippen molar-refractivity contribution in [3.63, 3.8) is 0 Å². The largest absolute Gasteiger partial charge is 0.445 e. The number of benzene rings is 2. The van der Waals surface area contributed by atoms with Crippen LogP contribution in [0.2, 0.25) is 0 Å². The van der Waals surface area contributed by atoms with Crippen LogP contribution in [0.5, 0.6) is 11.5 Å². The molecule has 10 heteroatoms. The molecule has 0 aliphatic carbocycles. The number of halogens is 7. The number of hydrogen-bond acceptors (Lipinski definition) is 3. The molecule has 2 aromatic rings. The van der Waals surface area contributed by atoms with Crippen molar-refractivity contribution in [3.05, 3.63) is 53.1 Å². The van der Waals surface area contributed by atoms with Gasteiger partial charge in [0.15, 0.2) is 34.8 Å². The third-order valence-corrected chi connectivity index (χ3v) is 2.69. The van der Waals surface area contributed by atoms with Crippen LogP contribution in [0.1, 0.15) is 5.56 Å². The van der Waals surface area contributed by atoms with Gasteiger partial charge < -0.3 is 4.74 Å². The van der Waals surface area contributed by atoms with Crippen LogP contribution in [-0.2, 0) is 11.0 Å². The second kappa shape index (κ2) is 6.32. The second-order valence-electron chi connectivity index (χ2n) is 4.31. The molecule has 0 saturated carbocycles. The van der Waals surface area contributed by atoms with Crippen molar-refractivity contribution in [3.8, 4) is 11.5 Å². The highest BCUT2D eigenvalue weighted by Crippen LogP contribution is 2.37. The Morgan fingerprint density at radius 3 is 1.62 bits per heavy atom. The zero-order valence-corrected chi connectivity index (χ0v) is 11.2. The number of rotatable bonds is 3. The summed E-state index contributed by atoms with van der Waals surface area (Å²) in [5.74, 6) is -9.29. The molecule has 2 aromatic carbocycles. The van der Waals surface area contributed by atoms with E-state index in [0.717, 1.165) is 6.08 Å². The molecular weight excluding hydrogens is 347 g/mol. The third kappa shape index (κ3) is 3.54. The van der Waals surface area contributed by atoms with Crippen LogP contribution in [0.15, 0.2) is 29.3 Å². The van der Waals surface area contributed by atoms with Crippen LogP contribution < -0.4 is 4.74 Å². The SMILES string of the molecule is O=C=Nc1cc(F)c(Oc2c(F)cc(C(F)(F)F)cc2F)c(F)c1. The zero-order chi connectivity index (χ0) is 18.1. The summed E-state index contributed by atoms with van der Waals surface area (Å²) in [6, 6.07) is 0.838. The van der Waals surface area contributed by atoms with E-state index in [1.165, 1.54) is 0 Å². The van der Waals surface area contributed by atoms with Gasteiger partial charge >= 0.3 is 6.18 Å². The van der Waals surface area contributed by atoms with Crippen LogP contribution in [0.3, 0.4) is 0 Å². The highest BCUT2D eigenvalue weighted by molar-refractivity contribution is 5.52. The quantitative estimate of drug-likeness (QED) is 0.442. The number of alkyl halides is 3. The molecule has 0 fully saturated rings. The van der Waals surface area contributed by atoms with Gasteiger partial charge in [-0.05, 0) is 12.1 Å². The minimum atomic E-state index is -5.02. The average molecular weight is 351 g/mol. The van der Waals surface area contributed by atoms with Gasteiger partial charge in [0.25, 0.3) is 0 Å². The number of hydrogen-bond donors (Lipinski definition) is 0. The molecule has 0 unspecified atom stereocenters. The van der Waals surface area contributed by atoms with Crippen molar-refractivity contribution in [2.45, 2.75) is 6.18 Å². The van der Waals surface area contributed by atoms with Gasteiger partial charge in [0.2, 0.25) is 6.08 Å². The molecule has 0 N–H and O–H groups in total. The topological polar surface area (TPSA) is 38.7 Å². The highest BCUT2D eigenvalue weighted by atomic mass is 19.4. The fourth-order valence-corrected chi connectivity index (χ4v) is 1.68. The molecule has 0 aliphatic rings.